The second-order valence-corrected chi connectivity index (χ2v) is 9.52. The van der Waals surface area contributed by atoms with Gasteiger partial charge in [0, 0.05) is 20.6 Å². The molecule has 0 aromatic heterocycles. The van der Waals surface area contributed by atoms with E-state index in [1.807, 2.05) is 73.7 Å². The van der Waals surface area contributed by atoms with Crippen molar-refractivity contribution in [1.82, 2.24) is 5.43 Å². The highest BCUT2D eigenvalue weighted by molar-refractivity contribution is 9.10. The lowest BCUT2D eigenvalue weighted by Gasteiger charge is -2.14. The molecule has 0 aliphatic heterocycles. The molecule has 1 N–H and O–H groups in total. The summed E-state index contributed by atoms with van der Waals surface area (Å²) in [7, 11) is 0. The van der Waals surface area contributed by atoms with Gasteiger partial charge in [0.2, 0.25) is 0 Å². The van der Waals surface area contributed by atoms with E-state index in [-0.39, 0.29) is 5.91 Å². The normalized spacial score (nSPS) is 10.8. The van der Waals surface area contributed by atoms with Crippen LogP contribution in [0.15, 0.2) is 101 Å². The van der Waals surface area contributed by atoms with Gasteiger partial charge in [0.25, 0.3) is 5.91 Å². The fourth-order valence-corrected chi connectivity index (χ4v) is 4.01. The summed E-state index contributed by atoms with van der Waals surface area (Å²) in [5.41, 5.74) is 5.68. The summed E-state index contributed by atoms with van der Waals surface area (Å²) in [6, 6.07) is 27.9. The molecule has 38 heavy (non-hydrogen) atoms. The van der Waals surface area contributed by atoms with Gasteiger partial charge < -0.3 is 14.2 Å². The maximum atomic E-state index is 12.3. The number of amides is 1. The van der Waals surface area contributed by atoms with Crippen molar-refractivity contribution < 1.29 is 19.0 Å². The van der Waals surface area contributed by atoms with Crippen LogP contribution in [0.1, 0.15) is 34.0 Å². The highest BCUT2D eigenvalue weighted by Gasteiger charge is 2.10. The maximum absolute atomic E-state index is 12.3. The Morgan fingerprint density at radius 3 is 2.32 bits per heavy atom. The fraction of sp³-hybridized carbons (Fsp3) is 0.133. The topological polar surface area (TPSA) is 69.2 Å². The van der Waals surface area contributed by atoms with E-state index in [1.165, 1.54) is 0 Å². The number of halogens is 2. The van der Waals surface area contributed by atoms with Crippen molar-refractivity contribution in [3.8, 4) is 17.2 Å². The van der Waals surface area contributed by atoms with Crippen molar-refractivity contribution in [3.05, 3.63) is 123 Å². The van der Waals surface area contributed by atoms with Gasteiger partial charge in [0.05, 0.1) is 12.8 Å². The van der Waals surface area contributed by atoms with Crippen LogP contribution in [0, 0.1) is 0 Å². The number of rotatable bonds is 11. The molecule has 4 rings (SSSR count). The van der Waals surface area contributed by atoms with Crippen molar-refractivity contribution in [2.75, 3.05) is 6.61 Å². The van der Waals surface area contributed by atoms with Gasteiger partial charge in [-0.25, -0.2) is 5.43 Å². The first-order chi connectivity index (χ1) is 18.5. The van der Waals surface area contributed by atoms with Gasteiger partial charge in [-0.15, -0.1) is 0 Å². The second-order valence-electron chi connectivity index (χ2n) is 8.17. The quantitative estimate of drug-likeness (QED) is 0.145. The minimum absolute atomic E-state index is 0.304. The van der Waals surface area contributed by atoms with E-state index in [1.54, 1.807) is 30.5 Å². The molecule has 4 aromatic carbocycles. The summed E-state index contributed by atoms with van der Waals surface area (Å²) in [5, 5.41) is 4.66. The zero-order chi connectivity index (χ0) is 26.7. The molecule has 0 aliphatic rings. The maximum Gasteiger partial charge on any atom is 0.271 e. The third kappa shape index (κ3) is 7.84. The molecular formula is C30H26BrClN2O4. The lowest BCUT2D eigenvalue weighted by Crippen LogP contribution is -2.17. The fourth-order valence-electron chi connectivity index (χ4n) is 3.50. The molecule has 0 aliphatic carbocycles. The molecule has 4 aromatic rings. The predicted octanol–water partition coefficient (Wildman–Crippen LogP) is 7.42. The van der Waals surface area contributed by atoms with Crippen LogP contribution in [-0.4, -0.2) is 18.7 Å². The molecule has 0 heterocycles. The summed E-state index contributed by atoms with van der Waals surface area (Å²) >= 11 is 9.36. The van der Waals surface area contributed by atoms with Gasteiger partial charge >= 0.3 is 0 Å². The van der Waals surface area contributed by atoms with Gasteiger partial charge in [0.15, 0.2) is 11.5 Å². The van der Waals surface area contributed by atoms with E-state index in [0.717, 1.165) is 15.6 Å². The predicted molar refractivity (Wildman–Crippen MR) is 153 cm³/mol. The zero-order valence-corrected chi connectivity index (χ0v) is 23.0. The smallest absolute Gasteiger partial charge is 0.271 e. The van der Waals surface area contributed by atoms with Crippen LogP contribution in [0.2, 0.25) is 5.02 Å². The third-order valence-electron chi connectivity index (χ3n) is 5.39. The standard InChI is InChI=1S/C30H26BrClN2O4/c1-2-36-29-16-22(8-14-28(29)38-19-21-6-4-3-5-7-21)20-37-27-15-11-25(31)17-24(27)18-33-34-30(35)23-9-12-26(32)13-10-23/h3-18H,2,19-20H2,1H3,(H,34,35)/b33-18+. The van der Waals surface area contributed by atoms with Crippen LogP contribution in [0.5, 0.6) is 17.2 Å². The molecule has 1 amide bonds. The Bertz CT molecular complexity index is 1400. The number of hydrogen-bond acceptors (Lipinski definition) is 5. The number of carbonyl (C=O) groups is 1. The molecule has 0 saturated carbocycles. The number of hydrogen-bond donors (Lipinski definition) is 1. The molecule has 6 nitrogen and oxygen atoms in total. The Morgan fingerprint density at radius 1 is 0.842 bits per heavy atom. The number of nitrogens with zero attached hydrogens (tertiary/aromatic N) is 1. The Labute approximate surface area is 235 Å². The summed E-state index contributed by atoms with van der Waals surface area (Å²) < 4.78 is 18.8. The van der Waals surface area contributed by atoms with Gasteiger partial charge in [-0.1, -0.05) is 63.9 Å². The molecule has 0 saturated heterocycles. The largest absolute Gasteiger partial charge is 0.490 e. The lowest BCUT2D eigenvalue weighted by atomic mass is 10.2. The molecule has 0 spiro atoms. The van der Waals surface area contributed by atoms with Crippen molar-refractivity contribution >= 4 is 39.7 Å². The van der Waals surface area contributed by atoms with Crippen LogP contribution < -0.4 is 19.6 Å². The number of carbonyl (C=O) groups excluding carboxylic acids is 1. The van der Waals surface area contributed by atoms with Crippen LogP contribution in [0.4, 0.5) is 0 Å². The highest BCUT2D eigenvalue weighted by atomic mass is 79.9. The minimum atomic E-state index is -0.339. The van der Waals surface area contributed by atoms with Gasteiger partial charge in [-0.05, 0) is 72.6 Å². The first kappa shape index (κ1) is 27.2. The molecule has 0 atom stereocenters. The first-order valence-electron chi connectivity index (χ1n) is 12.0. The molecule has 194 valence electrons. The van der Waals surface area contributed by atoms with E-state index in [9.17, 15) is 4.79 Å². The molecule has 0 bridgehead atoms. The SMILES string of the molecule is CCOc1cc(COc2ccc(Br)cc2/C=N/NC(=O)c2ccc(Cl)cc2)ccc1OCc1ccccc1. The number of hydrazone groups is 1. The van der Waals surface area contributed by atoms with E-state index in [0.29, 0.717) is 53.2 Å². The lowest BCUT2D eigenvalue weighted by molar-refractivity contribution is 0.0955. The van der Waals surface area contributed by atoms with Crippen LogP contribution >= 0.6 is 27.5 Å². The molecular weight excluding hydrogens is 568 g/mol. The monoisotopic (exact) mass is 592 g/mol. The van der Waals surface area contributed by atoms with E-state index >= 15 is 0 Å². The summed E-state index contributed by atoms with van der Waals surface area (Å²) in [6.45, 7) is 3.20. The molecule has 0 fully saturated rings. The Hall–Kier alpha value is -3.81. The van der Waals surface area contributed by atoms with Crippen molar-refractivity contribution in [2.24, 2.45) is 5.10 Å². The number of benzene rings is 4. The third-order valence-corrected chi connectivity index (χ3v) is 6.13. The Balaban J connectivity index is 1.41. The number of nitrogens with one attached hydrogen (secondary N) is 1. The van der Waals surface area contributed by atoms with Crippen molar-refractivity contribution in [1.29, 1.82) is 0 Å². The van der Waals surface area contributed by atoms with Crippen LogP contribution in [0.3, 0.4) is 0 Å². The van der Waals surface area contributed by atoms with Crippen LogP contribution in [0.25, 0.3) is 0 Å². The first-order valence-corrected chi connectivity index (χ1v) is 13.1. The van der Waals surface area contributed by atoms with Gasteiger partial charge in [0.1, 0.15) is 19.0 Å². The average molecular weight is 594 g/mol. The molecule has 8 heteroatoms. The van der Waals surface area contributed by atoms with E-state index in [4.69, 9.17) is 25.8 Å². The molecule has 0 unspecified atom stereocenters. The van der Waals surface area contributed by atoms with E-state index < -0.39 is 0 Å². The summed E-state index contributed by atoms with van der Waals surface area (Å²) in [5.74, 6) is 1.60. The van der Waals surface area contributed by atoms with E-state index in [2.05, 4.69) is 26.5 Å². The second kappa shape index (κ2) is 13.7. The van der Waals surface area contributed by atoms with Crippen molar-refractivity contribution in [3.63, 3.8) is 0 Å². The average Bonchev–Trinajstić information content (AvgIpc) is 2.93. The Morgan fingerprint density at radius 2 is 1.55 bits per heavy atom. The summed E-state index contributed by atoms with van der Waals surface area (Å²) in [4.78, 5) is 12.3. The highest BCUT2D eigenvalue weighted by Crippen LogP contribution is 2.30. The minimum Gasteiger partial charge on any atom is -0.490 e. The summed E-state index contributed by atoms with van der Waals surface area (Å²) in [6.07, 6.45) is 1.54. The number of ether oxygens (including phenoxy) is 3. The Kier molecular flexibility index (Phi) is 9.78. The zero-order valence-electron chi connectivity index (χ0n) is 20.7. The van der Waals surface area contributed by atoms with Crippen LogP contribution in [-0.2, 0) is 13.2 Å². The molecule has 0 radical (unpaired) electrons. The van der Waals surface area contributed by atoms with Crippen molar-refractivity contribution in [2.45, 2.75) is 20.1 Å². The van der Waals surface area contributed by atoms with Gasteiger partial charge in [-0.2, -0.15) is 5.10 Å². The van der Waals surface area contributed by atoms with Gasteiger partial charge in [-0.3, -0.25) is 4.79 Å².